The second-order valence-electron chi connectivity index (χ2n) is 21.4. The van der Waals surface area contributed by atoms with E-state index in [0.29, 0.717) is 17.4 Å². The SMILES string of the molecule is CC/C=C\C/C=C\C/C=C\C/C=C\C/C=C\C/C=C\C/C=C\C/C=C\C/C=C\CCCCCCCC(=O)OC(COC(=O)CCCCCCCCCCCCCCCCCCCCC)COP(=O)(O)OCC[N+](C)(C)C. The Morgan fingerprint density at radius 2 is 0.750 bits per heavy atom. The van der Waals surface area contributed by atoms with Crippen LogP contribution < -0.4 is 0 Å². The topological polar surface area (TPSA) is 108 Å². The van der Waals surface area contributed by atoms with Crippen molar-refractivity contribution in [3.8, 4) is 0 Å². The van der Waals surface area contributed by atoms with E-state index in [1.165, 1.54) is 103 Å². The Hall–Kier alpha value is -3.33. The van der Waals surface area contributed by atoms with Crippen LogP contribution in [0.5, 0.6) is 0 Å². The van der Waals surface area contributed by atoms with Gasteiger partial charge in [-0.25, -0.2) is 4.57 Å². The van der Waals surface area contributed by atoms with E-state index in [1.54, 1.807) is 0 Å². The number of phosphoric ester groups is 1. The van der Waals surface area contributed by atoms with Gasteiger partial charge in [-0.1, -0.05) is 258 Å². The lowest BCUT2D eigenvalue weighted by Gasteiger charge is -2.24. The number of esters is 2. The molecule has 0 fully saturated rings. The fourth-order valence-electron chi connectivity index (χ4n) is 8.13. The predicted octanol–water partition coefficient (Wildman–Crippen LogP) is 19.4. The first-order chi connectivity index (χ1) is 37.0. The van der Waals surface area contributed by atoms with Crippen molar-refractivity contribution in [2.24, 2.45) is 0 Å². The second-order valence-corrected chi connectivity index (χ2v) is 22.8. The summed E-state index contributed by atoms with van der Waals surface area (Å²) in [4.78, 5) is 35.7. The summed E-state index contributed by atoms with van der Waals surface area (Å²) in [6, 6.07) is 0. The van der Waals surface area contributed by atoms with Gasteiger partial charge in [0.25, 0.3) is 0 Å². The molecule has 0 aromatic rings. The standard InChI is InChI=1S/C66H114NO8P/c1-6-8-10-12-14-16-18-20-22-24-26-27-28-29-30-31-32-33-34-35-36-37-38-39-41-43-45-47-49-51-53-55-57-59-66(69)75-64(63-74-76(70,71)73-61-60-67(3,4)5)62-72-65(68)58-56-54-52-50-48-46-44-42-40-25-23-21-19-17-15-13-11-9-7-2/h8,10,14,16,20,22,26-27,29-30,32-33,35-36,38-39,43,45,64H,6-7,9,11-13,15,17-19,21,23-25,28,31,34,37,40-42,44,46-63H2,1-5H3/p+1/b10-8-,16-14-,22-20-,27-26-,30-29-,33-32-,36-35-,39-38-,45-43-. The van der Waals surface area contributed by atoms with Crippen molar-refractivity contribution in [2.75, 3.05) is 47.5 Å². The van der Waals surface area contributed by atoms with Crippen LogP contribution in [0.3, 0.4) is 0 Å². The van der Waals surface area contributed by atoms with Crippen molar-refractivity contribution in [1.82, 2.24) is 0 Å². The third-order valence-corrected chi connectivity index (χ3v) is 13.8. The smallest absolute Gasteiger partial charge is 0.462 e. The number of hydrogen-bond acceptors (Lipinski definition) is 7. The first-order valence-electron chi connectivity index (χ1n) is 30.6. The molecule has 0 bridgehead atoms. The maximum absolute atomic E-state index is 12.8. The number of quaternary nitrogens is 1. The van der Waals surface area contributed by atoms with Crippen molar-refractivity contribution in [1.29, 1.82) is 0 Å². The number of unbranched alkanes of at least 4 members (excludes halogenated alkanes) is 23. The first kappa shape index (κ1) is 72.7. The van der Waals surface area contributed by atoms with Crippen LogP contribution in [-0.4, -0.2) is 74.9 Å². The molecule has 1 N–H and O–H groups in total. The number of likely N-dealkylation sites (N-methyl/N-ethyl adjacent to an activating group) is 1. The molecular formula is C66H115NO8P+. The highest BCUT2D eigenvalue weighted by Gasteiger charge is 2.27. The Bertz CT molecular complexity index is 1650. The number of rotatable bonds is 55. The van der Waals surface area contributed by atoms with Gasteiger partial charge in [-0.05, 0) is 83.5 Å². The molecular weight excluding hydrogens is 966 g/mol. The van der Waals surface area contributed by atoms with E-state index in [4.69, 9.17) is 18.5 Å². The van der Waals surface area contributed by atoms with Crippen molar-refractivity contribution in [3.63, 3.8) is 0 Å². The molecule has 0 aliphatic carbocycles. The average Bonchev–Trinajstić information content (AvgIpc) is 3.38. The van der Waals surface area contributed by atoms with Crippen molar-refractivity contribution < 1.29 is 42.1 Å². The number of carbonyl (C=O) groups is 2. The van der Waals surface area contributed by atoms with Crippen molar-refractivity contribution >= 4 is 19.8 Å². The maximum atomic E-state index is 12.8. The van der Waals surface area contributed by atoms with Gasteiger partial charge in [0.05, 0.1) is 27.7 Å². The molecule has 0 aromatic carbocycles. The van der Waals surface area contributed by atoms with E-state index in [9.17, 15) is 19.0 Å². The van der Waals surface area contributed by atoms with Gasteiger partial charge in [0.2, 0.25) is 0 Å². The van der Waals surface area contributed by atoms with Crippen LogP contribution in [0.15, 0.2) is 109 Å². The lowest BCUT2D eigenvalue weighted by molar-refractivity contribution is -0.870. The van der Waals surface area contributed by atoms with Gasteiger partial charge in [0.15, 0.2) is 6.10 Å². The molecule has 9 nitrogen and oxygen atoms in total. The summed E-state index contributed by atoms with van der Waals surface area (Å²) in [5, 5.41) is 0. The van der Waals surface area contributed by atoms with E-state index >= 15 is 0 Å². The summed E-state index contributed by atoms with van der Waals surface area (Å²) in [5.74, 6) is -0.819. The van der Waals surface area contributed by atoms with Crippen LogP contribution >= 0.6 is 7.82 Å². The largest absolute Gasteiger partial charge is 0.472 e. The van der Waals surface area contributed by atoms with Gasteiger partial charge in [-0.3, -0.25) is 18.6 Å². The van der Waals surface area contributed by atoms with Crippen LogP contribution in [0.2, 0.25) is 0 Å². The summed E-state index contributed by atoms with van der Waals surface area (Å²) in [7, 11) is 1.46. The van der Waals surface area contributed by atoms with E-state index in [1.807, 2.05) is 21.1 Å². The highest BCUT2D eigenvalue weighted by atomic mass is 31.2. The lowest BCUT2D eigenvalue weighted by atomic mass is 10.0. The number of phosphoric acid groups is 1. The van der Waals surface area contributed by atoms with E-state index < -0.39 is 26.5 Å². The van der Waals surface area contributed by atoms with Gasteiger partial charge in [-0.15, -0.1) is 0 Å². The van der Waals surface area contributed by atoms with Crippen molar-refractivity contribution in [2.45, 2.75) is 251 Å². The molecule has 0 aromatic heterocycles. The molecule has 0 saturated heterocycles. The highest BCUT2D eigenvalue weighted by Crippen LogP contribution is 2.43. The zero-order chi connectivity index (χ0) is 55.6. The van der Waals surface area contributed by atoms with E-state index in [0.717, 1.165) is 109 Å². The van der Waals surface area contributed by atoms with E-state index in [-0.39, 0.29) is 32.0 Å². The number of nitrogens with zero attached hydrogens (tertiary/aromatic N) is 1. The minimum atomic E-state index is -4.40. The van der Waals surface area contributed by atoms with Gasteiger partial charge in [0.1, 0.15) is 19.8 Å². The van der Waals surface area contributed by atoms with Crippen LogP contribution in [0, 0.1) is 0 Å². The predicted molar refractivity (Wildman–Crippen MR) is 325 cm³/mol. The maximum Gasteiger partial charge on any atom is 0.472 e. The molecule has 2 unspecified atom stereocenters. The molecule has 76 heavy (non-hydrogen) atoms. The van der Waals surface area contributed by atoms with Crippen LogP contribution in [0.1, 0.15) is 245 Å². The zero-order valence-electron chi connectivity index (χ0n) is 49.5. The monoisotopic (exact) mass is 1080 g/mol. The minimum Gasteiger partial charge on any atom is -0.462 e. The summed E-state index contributed by atoms with van der Waals surface area (Å²) in [6.45, 7) is 4.31. The number of allylic oxidation sites excluding steroid dienone is 18. The Balaban J connectivity index is 4.21. The van der Waals surface area contributed by atoms with Gasteiger partial charge in [-0.2, -0.15) is 0 Å². The Morgan fingerprint density at radius 1 is 0.421 bits per heavy atom. The summed E-state index contributed by atoms with van der Waals surface area (Å²) in [6.07, 6.45) is 78.7. The first-order valence-corrected chi connectivity index (χ1v) is 32.1. The number of carbonyl (C=O) groups excluding carboxylic acids is 2. The minimum absolute atomic E-state index is 0.0233. The molecule has 2 atom stereocenters. The second kappa shape index (κ2) is 56.4. The fraction of sp³-hybridized carbons (Fsp3) is 0.697. The Morgan fingerprint density at radius 3 is 1.12 bits per heavy atom. The quantitative estimate of drug-likeness (QED) is 0.0211. The molecule has 10 heteroatoms. The third-order valence-electron chi connectivity index (χ3n) is 12.8. The van der Waals surface area contributed by atoms with Gasteiger partial charge in [0, 0.05) is 12.8 Å². The molecule has 0 saturated carbocycles. The molecule has 0 rings (SSSR count). The molecule has 0 amide bonds. The molecule has 0 heterocycles. The number of ether oxygens (including phenoxy) is 2. The van der Waals surface area contributed by atoms with Gasteiger partial charge < -0.3 is 18.9 Å². The van der Waals surface area contributed by atoms with Crippen LogP contribution in [-0.2, 0) is 32.7 Å². The van der Waals surface area contributed by atoms with Crippen LogP contribution in [0.4, 0.5) is 0 Å². The highest BCUT2D eigenvalue weighted by molar-refractivity contribution is 7.47. The molecule has 0 aliphatic rings. The summed E-state index contributed by atoms with van der Waals surface area (Å²) >= 11 is 0. The third kappa shape index (κ3) is 59.9. The summed E-state index contributed by atoms with van der Waals surface area (Å²) in [5.41, 5.74) is 0. The lowest BCUT2D eigenvalue weighted by Crippen LogP contribution is -2.37. The molecule has 0 radical (unpaired) electrons. The normalized spacial score (nSPS) is 14.0. The van der Waals surface area contributed by atoms with E-state index in [2.05, 4.69) is 123 Å². The fourth-order valence-corrected chi connectivity index (χ4v) is 8.87. The molecule has 0 aliphatic heterocycles. The Labute approximate surface area is 467 Å². The Kier molecular flexibility index (Phi) is 53.9. The van der Waals surface area contributed by atoms with Crippen LogP contribution in [0.25, 0.3) is 0 Å². The van der Waals surface area contributed by atoms with Gasteiger partial charge >= 0.3 is 19.8 Å². The van der Waals surface area contributed by atoms with Crippen molar-refractivity contribution in [3.05, 3.63) is 109 Å². The molecule has 0 spiro atoms. The molecule has 436 valence electrons. The average molecular weight is 1080 g/mol. The summed E-state index contributed by atoms with van der Waals surface area (Å²) < 4.78 is 34.6. The number of hydrogen-bond donors (Lipinski definition) is 1. The zero-order valence-corrected chi connectivity index (χ0v) is 50.3.